The Balaban J connectivity index is 1.72. The van der Waals surface area contributed by atoms with Crippen molar-refractivity contribution in [1.29, 1.82) is 0 Å². The van der Waals surface area contributed by atoms with Crippen LogP contribution in [0.25, 0.3) is 16.9 Å². The molecular weight excluding hydrogens is 340 g/mol. The quantitative estimate of drug-likeness (QED) is 0.594. The largest absolute Gasteiger partial charge is 0.497 e. The van der Waals surface area contributed by atoms with Gasteiger partial charge in [0.2, 0.25) is 0 Å². The number of ether oxygens (including phenoxy) is 1. The molecule has 27 heavy (non-hydrogen) atoms. The SMILES string of the molecule is COc1ccc(-c2c(C(=O)NCc3cccnc3)nc3ccccn23)cc1. The van der Waals surface area contributed by atoms with Gasteiger partial charge in [0.1, 0.15) is 11.4 Å². The molecule has 0 unspecified atom stereocenters. The molecule has 6 heteroatoms. The maximum Gasteiger partial charge on any atom is 0.272 e. The molecule has 0 atom stereocenters. The lowest BCUT2D eigenvalue weighted by Gasteiger charge is -2.08. The summed E-state index contributed by atoms with van der Waals surface area (Å²) < 4.78 is 7.15. The molecule has 6 nitrogen and oxygen atoms in total. The van der Waals surface area contributed by atoms with E-state index in [1.165, 1.54) is 0 Å². The Hall–Kier alpha value is -3.67. The van der Waals surface area contributed by atoms with Gasteiger partial charge in [0, 0.05) is 30.7 Å². The second-order valence-electron chi connectivity index (χ2n) is 6.01. The summed E-state index contributed by atoms with van der Waals surface area (Å²) in [6.45, 7) is 0.391. The van der Waals surface area contributed by atoms with Crippen LogP contribution < -0.4 is 10.1 Å². The van der Waals surface area contributed by atoms with E-state index in [0.29, 0.717) is 12.2 Å². The molecule has 0 aliphatic rings. The van der Waals surface area contributed by atoms with Crippen molar-refractivity contribution in [3.05, 3.63) is 84.4 Å². The average Bonchev–Trinajstić information content (AvgIpc) is 3.12. The fourth-order valence-corrected chi connectivity index (χ4v) is 2.95. The first-order valence-electron chi connectivity index (χ1n) is 8.55. The lowest BCUT2D eigenvalue weighted by molar-refractivity contribution is 0.0947. The van der Waals surface area contributed by atoms with E-state index in [2.05, 4.69) is 15.3 Å². The lowest BCUT2D eigenvalue weighted by atomic mass is 10.1. The van der Waals surface area contributed by atoms with Crippen molar-refractivity contribution in [2.24, 2.45) is 0 Å². The van der Waals surface area contributed by atoms with Gasteiger partial charge in [-0.3, -0.25) is 14.2 Å². The average molecular weight is 358 g/mol. The molecule has 1 amide bonds. The monoisotopic (exact) mass is 358 g/mol. The highest BCUT2D eigenvalue weighted by Crippen LogP contribution is 2.27. The van der Waals surface area contributed by atoms with Crippen molar-refractivity contribution in [2.45, 2.75) is 6.54 Å². The Bertz CT molecular complexity index is 1070. The first-order chi connectivity index (χ1) is 13.3. The summed E-state index contributed by atoms with van der Waals surface area (Å²) >= 11 is 0. The van der Waals surface area contributed by atoms with Gasteiger partial charge in [-0.05, 0) is 48.0 Å². The van der Waals surface area contributed by atoms with Gasteiger partial charge >= 0.3 is 0 Å². The first kappa shape index (κ1) is 16.8. The highest BCUT2D eigenvalue weighted by molar-refractivity contribution is 5.99. The van der Waals surface area contributed by atoms with Gasteiger partial charge in [-0.25, -0.2) is 4.98 Å². The van der Waals surface area contributed by atoms with Crippen molar-refractivity contribution in [2.75, 3.05) is 7.11 Å². The van der Waals surface area contributed by atoms with Crippen LogP contribution in [0.1, 0.15) is 16.1 Å². The molecule has 0 saturated heterocycles. The molecule has 0 saturated carbocycles. The summed E-state index contributed by atoms with van der Waals surface area (Å²) in [4.78, 5) is 21.5. The molecule has 1 aromatic carbocycles. The first-order valence-corrected chi connectivity index (χ1v) is 8.55. The molecule has 0 aliphatic heterocycles. The Labute approximate surface area is 156 Å². The van der Waals surface area contributed by atoms with Crippen molar-refractivity contribution in [3.63, 3.8) is 0 Å². The molecule has 0 fully saturated rings. The number of nitrogens with zero attached hydrogens (tertiary/aromatic N) is 3. The van der Waals surface area contributed by atoms with Crippen LogP contribution in [0.3, 0.4) is 0 Å². The maximum atomic E-state index is 12.9. The van der Waals surface area contributed by atoms with E-state index in [9.17, 15) is 4.79 Å². The maximum absolute atomic E-state index is 12.9. The van der Waals surface area contributed by atoms with Crippen LogP contribution in [-0.4, -0.2) is 27.4 Å². The number of aromatic nitrogens is 3. The van der Waals surface area contributed by atoms with Gasteiger partial charge in [0.25, 0.3) is 5.91 Å². The van der Waals surface area contributed by atoms with Crippen LogP contribution in [0.2, 0.25) is 0 Å². The Kier molecular flexibility index (Phi) is 4.53. The van der Waals surface area contributed by atoms with Crippen LogP contribution in [0.4, 0.5) is 0 Å². The fourth-order valence-electron chi connectivity index (χ4n) is 2.95. The van der Waals surface area contributed by atoms with Gasteiger partial charge in [-0.15, -0.1) is 0 Å². The molecule has 4 rings (SSSR count). The van der Waals surface area contributed by atoms with Gasteiger partial charge in [-0.1, -0.05) is 12.1 Å². The summed E-state index contributed by atoms with van der Waals surface area (Å²) in [5, 5.41) is 2.93. The highest BCUT2D eigenvalue weighted by atomic mass is 16.5. The van der Waals surface area contributed by atoms with Crippen molar-refractivity contribution in [1.82, 2.24) is 19.7 Å². The minimum absolute atomic E-state index is 0.228. The minimum atomic E-state index is -0.228. The number of hydrogen-bond acceptors (Lipinski definition) is 4. The number of fused-ring (bicyclic) bond motifs is 1. The zero-order valence-corrected chi connectivity index (χ0v) is 14.8. The second kappa shape index (κ2) is 7.29. The summed E-state index contributed by atoms with van der Waals surface area (Å²) in [7, 11) is 1.63. The molecule has 0 spiro atoms. The van der Waals surface area contributed by atoms with Crippen molar-refractivity contribution >= 4 is 11.6 Å². The standard InChI is InChI=1S/C21H18N4O2/c1-27-17-9-7-16(8-10-17)20-19(24-18-6-2-3-12-25(18)20)21(26)23-14-15-5-4-11-22-13-15/h2-13H,14H2,1H3,(H,23,26). The number of rotatable bonds is 5. The zero-order valence-electron chi connectivity index (χ0n) is 14.8. The Morgan fingerprint density at radius 1 is 1.11 bits per heavy atom. The third-order valence-electron chi connectivity index (χ3n) is 4.28. The number of carbonyl (C=O) groups is 1. The topological polar surface area (TPSA) is 68.5 Å². The predicted octanol–water partition coefficient (Wildman–Crippen LogP) is 3.33. The summed E-state index contributed by atoms with van der Waals surface area (Å²) in [5.74, 6) is 0.531. The number of hydrogen-bond donors (Lipinski definition) is 1. The molecule has 3 heterocycles. The lowest BCUT2D eigenvalue weighted by Crippen LogP contribution is -2.23. The Morgan fingerprint density at radius 3 is 2.70 bits per heavy atom. The van der Waals surface area contributed by atoms with Gasteiger partial charge in [0.05, 0.1) is 12.8 Å². The number of pyridine rings is 2. The van der Waals surface area contributed by atoms with Crippen LogP contribution in [-0.2, 0) is 6.54 Å². The summed E-state index contributed by atoms with van der Waals surface area (Å²) in [6.07, 6.45) is 5.34. The molecule has 0 radical (unpaired) electrons. The summed E-state index contributed by atoms with van der Waals surface area (Å²) in [5.41, 5.74) is 3.67. The number of carbonyl (C=O) groups excluding carboxylic acids is 1. The molecule has 4 aromatic rings. The molecule has 134 valence electrons. The summed E-state index contributed by atoms with van der Waals surface area (Å²) in [6, 6.07) is 17.0. The van der Waals surface area contributed by atoms with Crippen LogP contribution in [0, 0.1) is 0 Å². The van der Waals surface area contributed by atoms with E-state index in [1.54, 1.807) is 19.5 Å². The highest BCUT2D eigenvalue weighted by Gasteiger charge is 2.20. The van der Waals surface area contributed by atoms with Crippen molar-refractivity contribution in [3.8, 4) is 17.0 Å². The van der Waals surface area contributed by atoms with E-state index >= 15 is 0 Å². The number of amides is 1. The molecule has 0 aliphatic carbocycles. The van der Waals surface area contributed by atoms with Gasteiger partial charge in [0.15, 0.2) is 5.69 Å². The third kappa shape index (κ3) is 3.37. The normalized spacial score (nSPS) is 10.7. The molecule has 3 aromatic heterocycles. The number of methoxy groups -OCH3 is 1. The van der Waals surface area contributed by atoms with E-state index < -0.39 is 0 Å². The van der Waals surface area contributed by atoms with Gasteiger partial charge < -0.3 is 10.1 Å². The van der Waals surface area contributed by atoms with E-state index in [4.69, 9.17) is 4.74 Å². The van der Waals surface area contributed by atoms with Crippen molar-refractivity contribution < 1.29 is 9.53 Å². The molecular formula is C21H18N4O2. The van der Waals surface area contributed by atoms with Gasteiger partial charge in [-0.2, -0.15) is 0 Å². The van der Waals surface area contributed by atoms with E-state index in [1.807, 2.05) is 65.2 Å². The predicted molar refractivity (Wildman–Crippen MR) is 103 cm³/mol. The zero-order chi connectivity index (χ0) is 18.6. The second-order valence-corrected chi connectivity index (χ2v) is 6.01. The Morgan fingerprint density at radius 2 is 1.96 bits per heavy atom. The molecule has 1 N–H and O–H groups in total. The molecule has 0 bridgehead atoms. The smallest absolute Gasteiger partial charge is 0.272 e. The van der Waals surface area contributed by atoms with Crippen LogP contribution in [0.15, 0.2) is 73.2 Å². The fraction of sp³-hybridized carbons (Fsp3) is 0.0952. The van der Waals surface area contributed by atoms with E-state index in [-0.39, 0.29) is 5.91 Å². The van der Waals surface area contributed by atoms with Crippen LogP contribution in [0.5, 0.6) is 5.75 Å². The third-order valence-corrected chi connectivity index (χ3v) is 4.28. The number of benzene rings is 1. The number of nitrogens with one attached hydrogen (secondary N) is 1. The number of imidazole rings is 1. The minimum Gasteiger partial charge on any atom is -0.497 e. The van der Waals surface area contributed by atoms with E-state index in [0.717, 1.165) is 28.2 Å². The van der Waals surface area contributed by atoms with Crippen LogP contribution >= 0.6 is 0 Å².